The molecular formula is C25H19N3O5S. The Morgan fingerprint density at radius 2 is 1.82 bits per heavy atom. The van der Waals surface area contributed by atoms with Crippen molar-refractivity contribution in [1.82, 2.24) is 9.97 Å². The molecule has 1 saturated heterocycles. The zero-order chi connectivity index (χ0) is 23.8. The van der Waals surface area contributed by atoms with Crippen molar-refractivity contribution in [3.05, 3.63) is 83.7 Å². The van der Waals surface area contributed by atoms with Gasteiger partial charge in [-0.3, -0.25) is 19.5 Å². The molecular weight excluding hydrogens is 454 g/mol. The van der Waals surface area contributed by atoms with Crippen molar-refractivity contribution in [2.45, 2.75) is 6.04 Å². The quantitative estimate of drug-likeness (QED) is 0.261. The number of anilines is 1. The molecule has 0 bridgehead atoms. The monoisotopic (exact) mass is 473 g/mol. The van der Waals surface area contributed by atoms with Gasteiger partial charge in [0.2, 0.25) is 0 Å². The lowest BCUT2D eigenvalue weighted by Gasteiger charge is -2.22. The molecule has 1 atom stereocenters. The summed E-state index contributed by atoms with van der Waals surface area (Å²) in [6.45, 7) is 0. The Balaban J connectivity index is 1.71. The number of ketones is 1. The predicted octanol–water partition coefficient (Wildman–Crippen LogP) is 4.33. The number of Topliss-reactive ketones (excluding diaryl/α,β-unsaturated/α-hetero) is 1. The molecule has 0 radical (unpaired) electrons. The molecule has 2 aromatic carbocycles. The summed E-state index contributed by atoms with van der Waals surface area (Å²) < 4.78 is 11.3. The van der Waals surface area contributed by atoms with Crippen LogP contribution in [0.4, 0.5) is 5.13 Å². The number of thiazole rings is 1. The van der Waals surface area contributed by atoms with Crippen LogP contribution in [0.5, 0.6) is 11.5 Å². The standard InChI is InChI=1S/C25H19N3O5S/c1-32-16-7-3-5-14(11-16)22(29)20-21(15-6-4-10-26-13-15)28(24(31)23(20)30)25-27-18-9-8-17(33-2)12-19(18)34-25/h3-13,21,29H,1-2H3. The number of hydrogen-bond acceptors (Lipinski definition) is 8. The molecule has 1 unspecified atom stereocenters. The molecule has 5 rings (SSSR count). The molecule has 3 heterocycles. The zero-order valence-corrected chi connectivity index (χ0v) is 19.1. The average molecular weight is 474 g/mol. The van der Waals surface area contributed by atoms with Crippen molar-refractivity contribution < 1.29 is 24.2 Å². The maximum atomic E-state index is 13.3. The first-order valence-electron chi connectivity index (χ1n) is 10.3. The van der Waals surface area contributed by atoms with Crippen LogP contribution in [0.2, 0.25) is 0 Å². The SMILES string of the molecule is COc1cccc(C(O)=C2C(=O)C(=O)N(c3nc4ccc(OC)cc4s3)C2c2cccnc2)c1. The second-order valence-corrected chi connectivity index (χ2v) is 8.53. The molecule has 0 saturated carbocycles. The van der Waals surface area contributed by atoms with Gasteiger partial charge in [-0.05, 0) is 42.0 Å². The van der Waals surface area contributed by atoms with E-state index in [1.54, 1.807) is 68.0 Å². The number of carbonyl (C=O) groups is 2. The molecule has 2 aromatic heterocycles. The minimum Gasteiger partial charge on any atom is -0.507 e. The maximum absolute atomic E-state index is 13.3. The van der Waals surface area contributed by atoms with Gasteiger partial charge in [0.1, 0.15) is 17.3 Å². The number of ether oxygens (including phenoxy) is 2. The summed E-state index contributed by atoms with van der Waals surface area (Å²) in [7, 11) is 3.08. The highest BCUT2D eigenvalue weighted by molar-refractivity contribution is 7.22. The van der Waals surface area contributed by atoms with Gasteiger partial charge >= 0.3 is 5.91 Å². The van der Waals surface area contributed by atoms with E-state index < -0.39 is 17.7 Å². The summed E-state index contributed by atoms with van der Waals surface area (Å²) >= 11 is 1.26. The third-order valence-electron chi connectivity index (χ3n) is 5.58. The van der Waals surface area contributed by atoms with Gasteiger partial charge in [0, 0.05) is 18.0 Å². The lowest BCUT2D eigenvalue weighted by atomic mass is 9.96. The fourth-order valence-corrected chi connectivity index (χ4v) is 4.95. The lowest BCUT2D eigenvalue weighted by Crippen LogP contribution is -2.29. The highest BCUT2D eigenvalue weighted by Crippen LogP contribution is 2.44. The molecule has 0 spiro atoms. The molecule has 1 fully saturated rings. The number of rotatable bonds is 5. The first-order chi connectivity index (χ1) is 16.5. The number of fused-ring (bicyclic) bond motifs is 1. The van der Waals surface area contributed by atoms with Crippen LogP contribution in [0.1, 0.15) is 17.2 Å². The van der Waals surface area contributed by atoms with E-state index in [0.717, 1.165) is 4.70 Å². The minimum absolute atomic E-state index is 0.0388. The van der Waals surface area contributed by atoms with E-state index in [1.165, 1.54) is 23.3 Å². The van der Waals surface area contributed by atoms with Crippen molar-refractivity contribution in [2.24, 2.45) is 0 Å². The van der Waals surface area contributed by atoms with Crippen molar-refractivity contribution in [3.63, 3.8) is 0 Å². The Labute approximate surface area is 198 Å². The highest BCUT2D eigenvalue weighted by Gasteiger charge is 2.48. The summed E-state index contributed by atoms with van der Waals surface area (Å²) in [5, 5.41) is 11.5. The summed E-state index contributed by atoms with van der Waals surface area (Å²) in [4.78, 5) is 36.6. The van der Waals surface area contributed by atoms with E-state index in [1.807, 2.05) is 6.07 Å². The molecule has 1 amide bonds. The number of aromatic nitrogens is 2. The number of benzene rings is 2. The fraction of sp³-hybridized carbons (Fsp3) is 0.120. The zero-order valence-electron chi connectivity index (χ0n) is 18.3. The summed E-state index contributed by atoms with van der Waals surface area (Å²) in [6.07, 6.45) is 3.17. The average Bonchev–Trinajstić information content (AvgIpc) is 3.41. The Bertz CT molecular complexity index is 1450. The van der Waals surface area contributed by atoms with Gasteiger partial charge in [0.15, 0.2) is 5.13 Å². The number of pyridine rings is 1. The molecule has 170 valence electrons. The van der Waals surface area contributed by atoms with Gasteiger partial charge in [0.05, 0.1) is 36.1 Å². The Hall–Kier alpha value is -4.24. The predicted molar refractivity (Wildman–Crippen MR) is 128 cm³/mol. The number of carbonyl (C=O) groups excluding carboxylic acids is 2. The number of methoxy groups -OCH3 is 2. The lowest BCUT2D eigenvalue weighted by molar-refractivity contribution is -0.132. The van der Waals surface area contributed by atoms with Gasteiger partial charge in [-0.15, -0.1) is 0 Å². The van der Waals surface area contributed by atoms with Crippen LogP contribution in [-0.4, -0.2) is 41.0 Å². The van der Waals surface area contributed by atoms with Gasteiger partial charge in [-0.1, -0.05) is 29.5 Å². The third kappa shape index (κ3) is 3.56. The van der Waals surface area contributed by atoms with Gasteiger partial charge in [-0.2, -0.15) is 0 Å². The molecule has 34 heavy (non-hydrogen) atoms. The largest absolute Gasteiger partial charge is 0.507 e. The van der Waals surface area contributed by atoms with E-state index >= 15 is 0 Å². The smallest absolute Gasteiger partial charge is 0.301 e. The molecule has 1 aliphatic rings. The first kappa shape index (κ1) is 21.6. The maximum Gasteiger partial charge on any atom is 0.301 e. The van der Waals surface area contributed by atoms with Gasteiger partial charge < -0.3 is 14.6 Å². The molecule has 8 nitrogen and oxygen atoms in total. The molecule has 9 heteroatoms. The first-order valence-corrected chi connectivity index (χ1v) is 11.1. The molecule has 4 aromatic rings. The Morgan fingerprint density at radius 1 is 1.03 bits per heavy atom. The third-order valence-corrected chi connectivity index (χ3v) is 6.60. The van der Waals surface area contributed by atoms with E-state index in [0.29, 0.717) is 33.3 Å². The number of nitrogens with zero attached hydrogens (tertiary/aromatic N) is 3. The van der Waals surface area contributed by atoms with Crippen LogP contribution in [-0.2, 0) is 9.59 Å². The van der Waals surface area contributed by atoms with Crippen LogP contribution in [0, 0.1) is 0 Å². The number of hydrogen-bond donors (Lipinski definition) is 1. The van der Waals surface area contributed by atoms with Crippen molar-refractivity contribution >= 4 is 44.1 Å². The topological polar surface area (TPSA) is 102 Å². The van der Waals surface area contributed by atoms with E-state index in [2.05, 4.69) is 9.97 Å². The van der Waals surface area contributed by atoms with Crippen molar-refractivity contribution in [1.29, 1.82) is 0 Å². The molecule has 1 N–H and O–H groups in total. The van der Waals surface area contributed by atoms with Crippen LogP contribution in [0.15, 0.2) is 72.6 Å². The summed E-state index contributed by atoms with van der Waals surface area (Å²) in [5.74, 6) is -0.699. The second kappa shape index (κ2) is 8.60. The summed E-state index contributed by atoms with van der Waals surface area (Å²) in [6, 6.07) is 14.6. The van der Waals surface area contributed by atoms with Crippen LogP contribution >= 0.6 is 11.3 Å². The normalized spacial score (nSPS) is 17.4. The fourth-order valence-electron chi connectivity index (χ4n) is 3.93. The van der Waals surface area contributed by atoms with E-state index in [4.69, 9.17) is 9.47 Å². The van der Waals surface area contributed by atoms with Crippen LogP contribution in [0.3, 0.4) is 0 Å². The van der Waals surface area contributed by atoms with Gasteiger partial charge in [0.25, 0.3) is 5.78 Å². The molecule has 0 aliphatic carbocycles. The van der Waals surface area contributed by atoms with Crippen molar-refractivity contribution in [2.75, 3.05) is 19.1 Å². The van der Waals surface area contributed by atoms with Gasteiger partial charge in [-0.25, -0.2) is 4.98 Å². The van der Waals surface area contributed by atoms with E-state index in [-0.39, 0.29) is 11.3 Å². The molecule has 1 aliphatic heterocycles. The van der Waals surface area contributed by atoms with Crippen LogP contribution < -0.4 is 14.4 Å². The Morgan fingerprint density at radius 3 is 2.56 bits per heavy atom. The van der Waals surface area contributed by atoms with Crippen LogP contribution in [0.25, 0.3) is 16.0 Å². The number of amides is 1. The highest BCUT2D eigenvalue weighted by atomic mass is 32.1. The number of aliphatic hydroxyl groups excluding tert-OH is 1. The Kier molecular flexibility index (Phi) is 5.46. The summed E-state index contributed by atoms with van der Waals surface area (Å²) in [5.41, 5.74) is 1.56. The van der Waals surface area contributed by atoms with E-state index in [9.17, 15) is 14.7 Å². The minimum atomic E-state index is -0.901. The second-order valence-electron chi connectivity index (χ2n) is 7.52. The number of aliphatic hydroxyl groups is 1. The van der Waals surface area contributed by atoms with Crippen molar-refractivity contribution in [3.8, 4) is 11.5 Å².